The van der Waals surface area contributed by atoms with Gasteiger partial charge in [-0.15, -0.1) is 0 Å². The van der Waals surface area contributed by atoms with E-state index in [0.717, 1.165) is 12.2 Å². The summed E-state index contributed by atoms with van der Waals surface area (Å²) in [5.74, 6) is 0.209. The molecule has 0 radical (unpaired) electrons. The average molecular weight is 353 g/mol. The molecule has 1 heterocycles. The highest BCUT2D eigenvalue weighted by Gasteiger charge is 2.12. The number of hydrogen-bond donors (Lipinski definition) is 2. The van der Waals surface area contributed by atoms with Crippen molar-refractivity contribution in [2.24, 2.45) is 0 Å². The molecular weight excluding hydrogens is 334 g/mol. The third kappa shape index (κ3) is 4.18. The molecule has 0 aliphatic carbocycles. The molecule has 7 nitrogen and oxygen atoms in total. The largest absolute Gasteiger partial charge is 0.494 e. The molecule has 0 saturated carbocycles. The van der Waals surface area contributed by atoms with Crippen LogP contribution in [-0.4, -0.2) is 23.4 Å². The Balaban J connectivity index is 1.71. The van der Waals surface area contributed by atoms with Crippen LogP contribution in [0.1, 0.15) is 30.6 Å². The van der Waals surface area contributed by atoms with Crippen LogP contribution in [0.5, 0.6) is 5.75 Å². The Kier molecular flexibility index (Phi) is 5.17. The molecule has 134 valence electrons. The quantitative estimate of drug-likeness (QED) is 0.702. The molecule has 0 saturated heterocycles. The van der Waals surface area contributed by atoms with Crippen LogP contribution < -0.4 is 15.4 Å². The van der Waals surface area contributed by atoms with E-state index in [-0.39, 0.29) is 17.8 Å². The van der Waals surface area contributed by atoms with E-state index >= 15 is 0 Å². The fraction of sp³-hybridized carbons (Fsp3) is 0.211. The van der Waals surface area contributed by atoms with Gasteiger partial charge < -0.3 is 14.5 Å². The van der Waals surface area contributed by atoms with E-state index in [0.29, 0.717) is 29.0 Å². The smallest absolute Gasteiger partial charge is 0.302 e. The van der Waals surface area contributed by atoms with Crippen LogP contribution in [0.3, 0.4) is 0 Å². The zero-order valence-corrected chi connectivity index (χ0v) is 14.5. The van der Waals surface area contributed by atoms with Crippen molar-refractivity contribution in [1.29, 1.82) is 0 Å². The highest BCUT2D eigenvalue weighted by molar-refractivity contribution is 6.03. The number of rotatable bonds is 6. The fourth-order valence-electron chi connectivity index (χ4n) is 2.35. The van der Waals surface area contributed by atoms with Gasteiger partial charge in [0, 0.05) is 24.2 Å². The first-order chi connectivity index (χ1) is 12.5. The van der Waals surface area contributed by atoms with Crippen LogP contribution in [0.15, 0.2) is 46.9 Å². The number of anilines is 2. The normalized spacial score (nSPS) is 10.5. The van der Waals surface area contributed by atoms with Gasteiger partial charge in [0.05, 0.1) is 6.61 Å². The van der Waals surface area contributed by atoms with E-state index in [2.05, 4.69) is 15.6 Å². The summed E-state index contributed by atoms with van der Waals surface area (Å²) >= 11 is 0. The molecule has 2 aromatic carbocycles. The van der Waals surface area contributed by atoms with Gasteiger partial charge in [-0.2, -0.15) is 4.98 Å². The standard InChI is InChI=1S/C19H19N3O4/c1-3-10-25-15-7-4-13(5-8-15)18(24)22-19-21-16-9-6-14(20-12(2)23)11-17(16)26-19/h4-9,11H,3,10H2,1-2H3,(H,20,23)(H,21,22,24). The summed E-state index contributed by atoms with van der Waals surface area (Å²) in [6, 6.07) is 12.0. The molecule has 0 unspecified atom stereocenters. The van der Waals surface area contributed by atoms with Crippen molar-refractivity contribution in [2.75, 3.05) is 17.2 Å². The highest BCUT2D eigenvalue weighted by Crippen LogP contribution is 2.23. The third-order valence-corrected chi connectivity index (χ3v) is 3.52. The van der Waals surface area contributed by atoms with Crippen LogP contribution in [0.25, 0.3) is 11.1 Å². The number of fused-ring (bicyclic) bond motifs is 1. The molecule has 2 N–H and O–H groups in total. The molecular formula is C19H19N3O4. The highest BCUT2D eigenvalue weighted by atomic mass is 16.5. The minimum absolute atomic E-state index is 0.0938. The minimum atomic E-state index is -0.333. The van der Waals surface area contributed by atoms with Gasteiger partial charge in [0.1, 0.15) is 11.3 Å². The Hall–Kier alpha value is -3.35. The molecule has 0 spiro atoms. The molecule has 0 aliphatic heterocycles. The van der Waals surface area contributed by atoms with E-state index in [1.54, 1.807) is 42.5 Å². The maximum Gasteiger partial charge on any atom is 0.302 e. The molecule has 0 fully saturated rings. The van der Waals surface area contributed by atoms with Crippen molar-refractivity contribution >= 4 is 34.6 Å². The lowest BCUT2D eigenvalue weighted by Crippen LogP contribution is -2.11. The number of oxazole rings is 1. The van der Waals surface area contributed by atoms with Crippen LogP contribution in [0.2, 0.25) is 0 Å². The van der Waals surface area contributed by atoms with Crippen LogP contribution >= 0.6 is 0 Å². The van der Waals surface area contributed by atoms with Gasteiger partial charge >= 0.3 is 6.01 Å². The monoisotopic (exact) mass is 353 g/mol. The number of benzene rings is 2. The average Bonchev–Trinajstić information content (AvgIpc) is 3.01. The van der Waals surface area contributed by atoms with Crippen molar-refractivity contribution < 1.29 is 18.7 Å². The fourth-order valence-corrected chi connectivity index (χ4v) is 2.35. The summed E-state index contributed by atoms with van der Waals surface area (Å²) < 4.78 is 11.0. The van der Waals surface area contributed by atoms with Crippen molar-refractivity contribution in [1.82, 2.24) is 4.98 Å². The Morgan fingerprint density at radius 2 is 1.88 bits per heavy atom. The number of nitrogens with one attached hydrogen (secondary N) is 2. The van der Waals surface area contributed by atoms with Crippen LogP contribution in [-0.2, 0) is 4.79 Å². The van der Waals surface area contributed by atoms with Crippen LogP contribution in [0.4, 0.5) is 11.7 Å². The lowest BCUT2D eigenvalue weighted by atomic mass is 10.2. The Bertz CT molecular complexity index is 932. The predicted octanol–water partition coefficient (Wildman–Crippen LogP) is 3.83. The Labute approximate surface area is 150 Å². The van der Waals surface area contributed by atoms with Crippen molar-refractivity contribution in [3.63, 3.8) is 0 Å². The molecule has 1 aromatic heterocycles. The zero-order valence-electron chi connectivity index (χ0n) is 14.5. The number of amides is 2. The molecule has 2 amide bonds. The maximum absolute atomic E-state index is 12.3. The number of carbonyl (C=O) groups is 2. The Morgan fingerprint density at radius 3 is 2.58 bits per heavy atom. The number of aromatic nitrogens is 1. The number of carbonyl (C=O) groups excluding carboxylic acids is 2. The van der Waals surface area contributed by atoms with Gasteiger partial charge in [-0.3, -0.25) is 14.9 Å². The molecule has 0 aliphatic rings. The topological polar surface area (TPSA) is 93.5 Å². The van der Waals surface area contributed by atoms with E-state index < -0.39 is 0 Å². The van der Waals surface area contributed by atoms with Crippen molar-refractivity contribution in [3.8, 4) is 5.75 Å². The SMILES string of the molecule is CCCOc1ccc(C(=O)Nc2nc3ccc(NC(C)=O)cc3o2)cc1. The zero-order chi connectivity index (χ0) is 18.5. The maximum atomic E-state index is 12.3. The van der Waals surface area contributed by atoms with Gasteiger partial charge in [-0.25, -0.2) is 0 Å². The van der Waals surface area contributed by atoms with E-state index in [4.69, 9.17) is 9.15 Å². The summed E-state index contributed by atoms with van der Waals surface area (Å²) in [7, 11) is 0. The van der Waals surface area contributed by atoms with Gasteiger partial charge in [-0.1, -0.05) is 6.92 Å². The molecule has 7 heteroatoms. The molecule has 26 heavy (non-hydrogen) atoms. The minimum Gasteiger partial charge on any atom is -0.494 e. The molecule has 0 bridgehead atoms. The third-order valence-electron chi connectivity index (χ3n) is 3.52. The van der Waals surface area contributed by atoms with E-state index in [9.17, 15) is 9.59 Å². The van der Waals surface area contributed by atoms with Gasteiger partial charge in [0.25, 0.3) is 5.91 Å². The summed E-state index contributed by atoms with van der Waals surface area (Å²) in [5, 5.41) is 5.29. The van der Waals surface area contributed by atoms with Crippen LogP contribution in [0, 0.1) is 0 Å². The Morgan fingerprint density at radius 1 is 1.12 bits per heavy atom. The molecule has 3 aromatic rings. The second-order valence-corrected chi connectivity index (χ2v) is 5.71. The summed E-state index contributed by atoms with van der Waals surface area (Å²) in [4.78, 5) is 27.7. The number of nitrogens with zero attached hydrogens (tertiary/aromatic N) is 1. The van der Waals surface area contributed by atoms with Gasteiger partial charge in [0.2, 0.25) is 5.91 Å². The molecule has 0 atom stereocenters. The summed E-state index contributed by atoms with van der Waals surface area (Å²) in [5.41, 5.74) is 2.12. The van der Waals surface area contributed by atoms with Gasteiger partial charge in [0.15, 0.2) is 5.58 Å². The predicted molar refractivity (Wildman–Crippen MR) is 98.5 cm³/mol. The second-order valence-electron chi connectivity index (χ2n) is 5.71. The van der Waals surface area contributed by atoms with E-state index in [1.165, 1.54) is 6.92 Å². The second kappa shape index (κ2) is 7.69. The van der Waals surface area contributed by atoms with E-state index in [1.807, 2.05) is 6.92 Å². The number of ether oxygens (including phenoxy) is 1. The lowest BCUT2D eigenvalue weighted by Gasteiger charge is -2.05. The van der Waals surface area contributed by atoms with Crippen molar-refractivity contribution in [2.45, 2.75) is 20.3 Å². The molecule has 3 rings (SSSR count). The number of hydrogen-bond acceptors (Lipinski definition) is 5. The first kappa shape index (κ1) is 17.5. The lowest BCUT2D eigenvalue weighted by molar-refractivity contribution is -0.114. The first-order valence-corrected chi connectivity index (χ1v) is 8.27. The first-order valence-electron chi connectivity index (χ1n) is 8.27. The summed E-state index contributed by atoms with van der Waals surface area (Å²) in [6.45, 7) is 4.09. The summed E-state index contributed by atoms with van der Waals surface area (Å²) in [6.07, 6.45) is 0.920. The van der Waals surface area contributed by atoms with Crippen molar-refractivity contribution in [3.05, 3.63) is 48.0 Å². The van der Waals surface area contributed by atoms with Gasteiger partial charge in [-0.05, 0) is 42.8 Å².